The zero-order valence-corrected chi connectivity index (χ0v) is 7.33. The molecule has 3 heteroatoms. The first-order valence-electron chi connectivity index (χ1n) is 4.82. The molecule has 0 aromatic carbocycles. The Hall–Kier alpha value is -0.570. The summed E-state index contributed by atoms with van der Waals surface area (Å²) < 4.78 is 0. The lowest BCUT2D eigenvalue weighted by atomic mass is 10.0. The Bertz CT molecular complexity index is 193. The lowest BCUT2D eigenvalue weighted by Gasteiger charge is -2.22. The van der Waals surface area contributed by atoms with Gasteiger partial charge >= 0.3 is 0 Å². The van der Waals surface area contributed by atoms with E-state index in [1.165, 1.54) is 19.3 Å². The number of carbonyl (C=O) groups is 1. The van der Waals surface area contributed by atoms with E-state index in [2.05, 4.69) is 0 Å². The summed E-state index contributed by atoms with van der Waals surface area (Å²) in [5, 5.41) is 0. The molecule has 0 bridgehead atoms. The summed E-state index contributed by atoms with van der Waals surface area (Å²) in [5.74, 6) is 0.985. The van der Waals surface area contributed by atoms with Crippen LogP contribution in [0, 0.1) is 5.92 Å². The molecule has 2 N–H and O–H groups in total. The molecule has 1 heterocycles. The number of amides is 1. The van der Waals surface area contributed by atoms with Crippen LogP contribution >= 0.6 is 0 Å². The van der Waals surface area contributed by atoms with Crippen LogP contribution < -0.4 is 5.73 Å². The summed E-state index contributed by atoms with van der Waals surface area (Å²) in [4.78, 5) is 13.4. The Labute approximate surface area is 72.9 Å². The maximum absolute atomic E-state index is 11.4. The van der Waals surface area contributed by atoms with Crippen molar-refractivity contribution in [1.29, 1.82) is 0 Å². The number of hydrogen-bond donors (Lipinski definition) is 1. The number of hydrogen-bond acceptors (Lipinski definition) is 2. The van der Waals surface area contributed by atoms with Crippen LogP contribution in [0.4, 0.5) is 0 Å². The Morgan fingerprint density at radius 3 is 3.08 bits per heavy atom. The smallest absolute Gasteiger partial charge is 0.223 e. The minimum absolute atomic E-state index is 0.329. The predicted octanol–water partition coefficient (Wildman–Crippen LogP) is 0.346. The average molecular weight is 168 g/mol. The first-order chi connectivity index (χ1) is 5.83. The van der Waals surface area contributed by atoms with Crippen LogP contribution in [0.2, 0.25) is 0 Å². The lowest BCUT2D eigenvalue weighted by molar-refractivity contribution is -0.128. The van der Waals surface area contributed by atoms with E-state index >= 15 is 0 Å². The molecular weight excluding hydrogens is 152 g/mol. The van der Waals surface area contributed by atoms with E-state index in [-0.39, 0.29) is 0 Å². The fourth-order valence-electron chi connectivity index (χ4n) is 2.62. The van der Waals surface area contributed by atoms with Gasteiger partial charge in [-0.15, -0.1) is 0 Å². The van der Waals surface area contributed by atoms with Crippen molar-refractivity contribution in [1.82, 2.24) is 4.90 Å². The van der Waals surface area contributed by atoms with E-state index in [9.17, 15) is 4.79 Å². The van der Waals surface area contributed by atoms with Crippen molar-refractivity contribution < 1.29 is 4.79 Å². The van der Waals surface area contributed by atoms with Gasteiger partial charge < -0.3 is 10.6 Å². The van der Waals surface area contributed by atoms with Gasteiger partial charge in [0.1, 0.15) is 0 Å². The van der Waals surface area contributed by atoms with Gasteiger partial charge in [-0.25, -0.2) is 0 Å². The van der Waals surface area contributed by atoms with Gasteiger partial charge in [0.25, 0.3) is 0 Å². The van der Waals surface area contributed by atoms with Crippen LogP contribution in [0.5, 0.6) is 0 Å². The maximum Gasteiger partial charge on any atom is 0.223 e. The molecule has 1 amide bonds. The van der Waals surface area contributed by atoms with Gasteiger partial charge in [0.15, 0.2) is 0 Å². The molecule has 0 aromatic rings. The van der Waals surface area contributed by atoms with E-state index < -0.39 is 0 Å². The molecule has 1 aliphatic heterocycles. The van der Waals surface area contributed by atoms with E-state index in [0.717, 1.165) is 13.0 Å². The molecule has 68 valence electrons. The first kappa shape index (κ1) is 8.05. The van der Waals surface area contributed by atoms with E-state index in [4.69, 9.17) is 5.73 Å². The highest BCUT2D eigenvalue weighted by Crippen LogP contribution is 2.37. The van der Waals surface area contributed by atoms with Crippen molar-refractivity contribution in [3.63, 3.8) is 0 Å². The van der Waals surface area contributed by atoms with Crippen LogP contribution in [0.1, 0.15) is 25.7 Å². The number of nitrogens with two attached hydrogens (primary N) is 1. The highest BCUT2D eigenvalue weighted by Gasteiger charge is 2.41. The molecule has 2 atom stereocenters. The fraction of sp³-hybridized carbons (Fsp3) is 0.889. The third-order valence-electron chi connectivity index (χ3n) is 3.15. The molecular formula is C9H16N2O. The molecule has 2 unspecified atom stereocenters. The van der Waals surface area contributed by atoms with Gasteiger partial charge in [-0.05, 0) is 18.8 Å². The zero-order chi connectivity index (χ0) is 8.55. The number of fused-ring (bicyclic) bond motifs is 1. The van der Waals surface area contributed by atoms with Gasteiger partial charge in [-0.3, -0.25) is 4.79 Å². The highest BCUT2D eigenvalue weighted by atomic mass is 16.2. The Kier molecular flexibility index (Phi) is 2.05. The largest absolute Gasteiger partial charge is 0.338 e. The average Bonchev–Trinajstić information content (AvgIpc) is 2.56. The summed E-state index contributed by atoms with van der Waals surface area (Å²) >= 11 is 0. The van der Waals surface area contributed by atoms with Crippen molar-refractivity contribution in [2.24, 2.45) is 11.7 Å². The predicted molar refractivity (Wildman–Crippen MR) is 46.5 cm³/mol. The van der Waals surface area contributed by atoms with Gasteiger partial charge in [0, 0.05) is 25.6 Å². The second kappa shape index (κ2) is 3.05. The third-order valence-corrected chi connectivity index (χ3v) is 3.15. The molecule has 12 heavy (non-hydrogen) atoms. The summed E-state index contributed by atoms with van der Waals surface area (Å²) in [6, 6.07) is 0.543. The Morgan fingerprint density at radius 2 is 2.33 bits per heavy atom. The molecule has 0 aromatic heterocycles. The van der Waals surface area contributed by atoms with Crippen molar-refractivity contribution in [2.75, 3.05) is 13.1 Å². The maximum atomic E-state index is 11.4. The first-order valence-corrected chi connectivity index (χ1v) is 4.82. The molecule has 2 fully saturated rings. The second-order valence-electron chi connectivity index (χ2n) is 3.84. The molecule has 1 saturated heterocycles. The molecule has 0 radical (unpaired) electrons. The van der Waals surface area contributed by atoms with Gasteiger partial charge in [0.05, 0.1) is 0 Å². The summed E-state index contributed by atoms with van der Waals surface area (Å²) in [7, 11) is 0. The van der Waals surface area contributed by atoms with Crippen LogP contribution in [0.15, 0.2) is 0 Å². The number of likely N-dealkylation sites (tertiary alicyclic amines) is 1. The topological polar surface area (TPSA) is 46.3 Å². The molecule has 2 rings (SSSR count). The second-order valence-corrected chi connectivity index (χ2v) is 3.84. The van der Waals surface area contributed by atoms with Crippen LogP contribution in [0.25, 0.3) is 0 Å². The summed E-state index contributed by atoms with van der Waals surface area (Å²) in [6.45, 7) is 1.37. The van der Waals surface area contributed by atoms with Gasteiger partial charge in [-0.1, -0.05) is 6.42 Å². The van der Waals surface area contributed by atoms with Crippen LogP contribution in [-0.4, -0.2) is 29.9 Å². The van der Waals surface area contributed by atoms with Crippen molar-refractivity contribution in [3.8, 4) is 0 Å². The zero-order valence-electron chi connectivity index (χ0n) is 7.33. The number of carbonyl (C=O) groups excluding carboxylic acids is 1. The SMILES string of the molecule is NCCN1C(=O)CC2CCCC21. The van der Waals surface area contributed by atoms with Crippen LogP contribution in [0.3, 0.4) is 0 Å². The van der Waals surface area contributed by atoms with E-state index in [1.54, 1.807) is 0 Å². The standard InChI is InChI=1S/C9H16N2O/c10-4-5-11-8-3-1-2-7(8)6-9(11)12/h7-8H,1-6,10H2. The lowest BCUT2D eigenvalue weighted by Crippen LogP contribution is -2.37. The van der Waals surface area contributed by atoms with E-state index in [1.807, 2.05) is 4.90 Å². The molecule has 1 saturated carbocycles. The third kappa shape index (κ3) is 1.12. The highest BCUT2D eigenvalue weighted by molar-refractivity contribution is 5.79. The number of nitrogens with zero attached hydrogens (tertiary/aromatic N) is 1. The summed E-state index contributed by atoms with van der Waals surface area (Å²) in [6.07, 6.45) is 4.53. The Balaban J connectivity index is 2.05. The Morgan fingerprint density at radius 1 is 1.50 bits per heavy atom. The van der Waals surface area contributed by atoms with Gasteiger partial charge in [0.2, 0.25) is 5.91 Å². The molecule has 3 nitrogen and oxygen atoms in total. The minimum Gasteiger partial charge on any atom is -0.338 e. The number of rotatable bonds is 2. The molecule has 1 aliphatic carbocycles. The van der Waals surface area contributed by atoms with Crippen molar-refractivity contribution in [3.05, 3.63) is 0 Å². The minimum atomic E-state index is 0.329. The monoisotopic (exact) mass is 168 g/mol. The van der Waals surface area contributed by atoms with Crippen molar-refractivity contribution >= 4 is 5.91 Å². The van der Waals surface area contributed by atoms with Crippen molar-refractivity contribution in [2.45, 2.75) is 31.7 Å². The van der Waals surface area contributed by atoms with Gasteiger partial charge in [-0.2, -0.15) is 0 Å². The van der Waals surface area contributed by atoms with Crippen LogP contribution in [-0.2, 0) is 4.79 Å². The quantitative estimate of drug-likeness (QED) is 0.646. The fourth-order valence-corrected chi connectivity index (χ4v) is 2.62. The normalized spacial score (nSPS) is 34.4. The molecule has 0 spiro atoms. The summed E-state index contributed by atoms with van der Waals surface area (Å²) in [5.41, 5.74) is 5.46. The van der Waals surface area contributed by atoms with E-state index in [0.29, 0.717) is 24.4 Å². The molecule has 2 aliphatic rings.